The number of hydrogen-bond donors (Lipinski definition) is 1. The van der Waals surface area contributed by atoms with Gasteiger partial charge in [-0.1, -0.05) is 0 Å². The number of rotatable bonds is 6. The van der Waals surface area contributed by atoms with Crippen molar-refractivity contribution < 1.29 is 23.9 Å². The van der Waals surface area contributed by atoms with Crippen molar-refractivity contribution in [2.24, 2.45) is 5.73 Å². The van der Waals surface area contributed by atoms with Crippen molar-refractivity contribution in [2.45, 2.75) is 6.54 Å². The molecule has 1 heterocycles. The van der Waals surface area contributed by atoms with Gasteiger partial charge in [-0.3, -0.25) is 4.79 Å². The van der Waals surface area contributed by atoms with Crippen molar-refractivity contribution in [1.29, 1.82) is 0 Å². The van der Waals surface area contributed by atoms with Gasteiger partial charge in [-0.15, -0.1) is 0 Å². The smallest absolute Gasteiger partial charge is 0.331 e. The van der Waals surface area contributed by atoms with Crippen molar-refractivity contribution in [3.8, 4) is 0 Å². The van der Waals surface area contributed by atoms with E-state index in [0.29, 0.717) is 12.2 Å². The highest BCUT2D eigenvalue weighted by Gasteiger charge is 2.06. The summed E-state index contributed by atoms with van der Waals surface area (Å²) in [5, 5.41) is 0. The molecule has 0 radical (unpaired) electrons. The average molecular weight is 266 g/mol. The van der Waals surface area contributed by atoms with Crippen LogP contribution in [0.15, 0.2) is 30.5 Å². The number of ether oxygens (including phenoxy) is 2. The predicted octanol–water partition coefficient (Wildman–Crippen LogP) is -0.141. The summed E-state index contributed by atoms with van der Waals surface area (Å²) < 4.78 is 10.7. The number of primary amides is 1. The van der Waals surface area contributed by atoms with Crippen molar-refractivity contribution in [2.75, 3.05) is 13.7 Å². The first kappa shape index (κ1) is 14.5. The maximum absolute atomic E-state index is 11.2. The number of carbonyl (C=O) groups is 3. The van der Waals surface area contributed by atoms with Crippen LogP contribution in [0.5, 0.6) is 0 Å². The molecule has 1 amide bonds. The molecular weight excluding hydrogens is 252 g/mol. The first-order valence-corrected chi connectivity index (χ1v) is 5.42. The Bertz CT molecular complexity index is 504. The Morgan fingerprint density at radius 3 is 2.63 bits per heavy atom. The minimum atomic E-state index is -0.668. The van der Waals surface area contributed by atoms with Crippen LogP contribution in [0.1, 0.15) is 10.5 Å². The highest BCUT2D eigenvalue weighted by molar-refractivity contribution is 5.92. The molecule has 1 aromatic rings. The van der Waals surface area contributed by atoms with Crippen LogP contribution in [0.2, 0.25) is 0 Å². The lowest BCUT2D eigenvalue weighted by Crippen LogP contribution is -2.18. The van der Waals surface area contributed by atoms with Gasteiger partial charge in [0, 0.05) is 18.3 Å². The second-order valence-corrected chi connectivity index (χ2v) is 3.48. The largest absolute Gasteiger partial charge is 0.466 e. The van der Waals surface area contributed by atoms with Crippen molar-refractivity contribution in [3.05, 3.63) is 36.2 Å². The summed E-state index contributed by atoms with van der Waals surface area (Å²) in [6.45, 7) is 0.350. The lowest BCUT2D eigenvalue weighted by molar-refractivity contribution is -0.139. The average Bonchev–Trinajstić information content (AvgIpc) is 2.84. The van der Waals surface area contributed by atoms with Crippen LogP contribution < -0.4 is 5.73 Å². The summed E-state index contributed by atoms with van der Waals surface area (Å²) in [5.41, 5.74) is 5.49. The van der Waals surface area contributed by atoms with Crippen LogP contribution in [-0.2, 0) is 25.6 Å². The fourth-order valence-corrected chi connectivity index (χ4v) is 1.33. The van der Waals surface area contributed by atoms with E-state index in [1.807, 2.05) is 0 Å². The quantitative estimate of drug-likeness (QED) is 0.570. The first-order chi connectivity index (χ1) is 9.04. The van der Waals surface area contributed by atoms with Gasteiger partial charge in [0.15, 0.2) is 0 Å². The predicted molar refractivity (Wildman–Crippen MR) is 65.1 cm³/mol. The minimum absolute atomic E-state index is 0.0549. The molecule has 0 fully saturated rings. The monoisotopic (exact) mass is 266 g/mol. The Morgan fingerprint density at radius 1 is 1.32 bits per heavy atom. The first-order valence-electron chi connectivity index (χ1n) is 5.42. The van der Waals surface area contributed by atoms with E-state index in [2.05, 4.69) is 4.74 Å². The van der Waals surface area contributed by atoms with Gasteiger partial charge in [0.25, 0.3) is 5.91 Å². The van der Waals surface area contributed by atoms with Gasteiger partial charge in [0.2, 0.25) is 0 Å². The van der Waals surface area contributed by atoms with Gasteiger partial charge in [-0.25, -0.2) is 9.59 Å². The van der Waals surface area contributed by atoms with Crippen LogP contribution in [0.4, 0.5) is 0 Å². The third-order valence-corrected chi connectivity index (χ3v) is 2.22. The van der Waals surface area contributed by atoms with Gasteiger partial charge in [0.1, 0.15) is 12.3 Å². The fraction of sp³-hybridized carbons (Fsp3) is 0.250. The topological polar surface area (TPSA) is 101 Å². The van der Waals surface area contributed by atoms with E-state index >= 15 is 0 Å². The van der Waals surface area contributed by atoms with E-state index in [1.54, 1.807) is 22.9 Å². The molecule has 0 unspecified atom stereocenters. The summed E-state index contributed by atoms with van der Waals surface area (Å²) >= 11 is 0. The molecule has 102 valence electrons. The zero-order valence-corrected chi connectivity index (χ0v) is 10.4. The molecule has 0 saturated heterocycles. The lowest BCUT2D eigenvalue weighted by Gasteiger charge is -2.06. The maximum Gasteiger partial charge on any atom is 0.331 e. The molecule has 2 N–H and O–H groups in total. The molecule has 7 heteroatoms. The molecule has 0 atom stereocenters. The summed E-state index contributed by atoms with van der Waals surface area (Å²) in [7, 11) is 1.20. The molecule has 0 saturated carbocycles. The van der Waals surface area contributed by atoms with Crippen LogP contribution in [0.25, 0.3) is 0 Å². The zero-order chi connectivity index (χ0) is 14.3. The Hall–Kier alpha value is -2.57. The molecule has 1 aromatic heterocycles. The van der Waals surface area contributed by atoms with Crippen LogP contribution in [0.3, 0.4) is 0 Å². The van der Waals surface area contributed by atoms with E-state index < -0.39 is 17.8 Å². The van der Waals surface area contributed by atoms with Crippen molar-refractivity contribution in [3.63, 3.8) is 0 Å². The normalized spacial score (nSPS) is 10.4. The van der Waals surface area contributed by atoms with Gasteiger partial charge < -0.3 is 19.8 Å². The van der Waals surface area contributed by atoms with E-state index in [1.165, 1.54) is 7.11 Å². The number of esters is 2. The van der Waals surface area contributed by atoms with Crippen LogP contribution in [-0.4, -0.2) is 36.1 Å². The van der Waals surface area contributed by atoms with Gasteiger partial charge in [-0.05, 0) is 12.1 Å². The fourth-order valence-electron chi connectivity index (χ4n) is 1.33. The number of nitrogens with zero attached hydrogens (tertiary/aromatic N) is 1. The highest BCUT2D eigenvalue weighted by Crippen LogP contribution is 2.01. The summed E-state index contributed by atoms with van der Waals surface area (Å²) in [5.74, 6) is -1.86. The van der Waals surface area contributed by atoms with E-state index in [9.17, 15) is 14.4 Å². The van der Waals surface area contributed by atoms with E-state index in [0.717, 1.165) is 12.2 Å². The summed E-state index contributed by atoms with van der Waals surface area (Å²) in [4.78, 5) is 32.9. The standard InChI is InChI=1S/C12H14N2O5/c1-18-10(15)4-5-11(16)19-8-7-14-6-2-3-9(14)12(13)17/h2-6H,7-8H2,1H3,(H2,13,17). The summed E-state index contributed by atoms with van der Waals surface area (Å²) in [6, 6.07) is 3.24. The van der Waals surface area contributed by atoms with Gasteiger partial charge >= 0.3 is 11.9 Å². The van der Waals surface area contributed by atoms with E-state index in [4.69, 9.17) is 10.5 Å². The van der Waals surface area contributed by atoms with Crippen LogP contribution >= 0.6 is 0 Å². The van der Waals surface area contributed by atoms with Gasteiger partial charge in [0.05, 0.1) is 13.7 Å². The number of nitrogens with two attached hydrogens (primary N) is 1. The Labute approximate surface area is 109 Å². The SMILES string of the molecule is COC(=O)C=CC(=O)OCCn1cccc1C(N)=O. The Kier molecular flexibility index (Phi) is 5.34. The number of hydrogen-bond acceptors (Lipinski definition) is 5. The molecule has 0 spiro atoms. The highest BCUT2D eigenvalue weighted by atomic mass is 16.5. The molecular formula is C12H14N2O5. The third-order valence-electron chi connectivity index (χ3n) is 2.22. The summed E-state index contributed by atoms with van der Waals surface area (Å²) in [6.07, 6.45) is 3.58. The third kappa shape index (κ3) is 4.66. The number of methoxy groups -OCH3 is 1. The Morgan fingerprint density at radius 2 is 2.00 bits per heavy atom. The second-order valence-electron chi connectivity index (χ2n) is 3.48. The lowest BCUT2D eigenvalue weighted by atomic mass is 10.4. The molecule has 0 aliphatic rings. The van der Waals surface area contributed by atoms with Gasteiger partial charge in [-0.2, -0.15) is 0 Å². The van der Waals surface area contributed by atoms with Crippen molar-refractivity contribution in [1.82, 2.24) is 4.57 Å². The number of aromatic nitrogens is 1. The van der Waals surface area contributed by atoms with Crippen LogP contribution in [0, 0.1) is 0 Å². The molecule has 7 nitrogen and oxygen atoms in total. The minimum Gasteiger partial charge on any atom is -0.466 e. The molecule has 0 aromatic carbocycles. The molecule has 0 aliphatic heterocycles. The molecule has 1 rings (SSSR count). The molecule has 0 bridgehead atoms. The Balaban J connectivity index is 2.40. The molecule has 19 heavy (non-hydrogen) atoms. The molecule has 0 aliphatic carbocycles. The van der Waals surface area contributed by atoms with E-state index in [-0.39, 0.29) is 6.61 Å². The second kappa shape index (κ2) is 7.00. The zero-order valence-electron chi connectivity index (χ0n) is 10.4. The number of carbonyl (C=O) groups excluding carboxylic acids is 3. The number of amides is 1. The maximum atomic E-state index is 11.2. The van der Waals surface area contributed by atoms with Crippen molar-refractivity contribution >= 4 is 17.8 Å².